The quantitative estimate of drug-likeness (QED) is 0.122. The van der Waals surface area contributed by atoms with Gasteiger partial charge < -0.3 is 0 Å². The SMILES string of the molecule is Brc1ccc2cc3c(C#Cc4cccc5cc6ccccc6cc45)c(-c4ccccc4)c(-c4ccccc4)c(-c4ccccc4)c3c(-c3ccccc3)c2c1Br. The average molecular weight is 841 g/mol. The van der Waals surface area contributed by atoms with Crippen LogP contribution in [0.5, 0.6) is 0 Å². The molecule has 10 rings (SSSR count). The van der Waals surface area contributed by atoms with Crippen molar-refractivity contribution < 1.29 is 0 Å². The Kier molecular flexibility index (Phi) is 8.84. The van der Waals surface area contributed by atoms with Crippen LogP contribution in [0.25, 0.3) is 87.6 Å². The van der Waals surface area contributed by atoms with Gasteiger partial charge in [-0.25, -0.2) is 0 Å². The van der Waals surface area contributed by atoms with Crippen LogP contribution in [0.2, 0.25) is 0 Å². The lowest BCUT2D eigenvalue weighted by molar-refractivity contribution is 1.56. The summed E-state index contributed by atoms with van der Waals surface area (Å²) in [6.07, 6.45) is 0. The molecule has 0 nitrogen and oxygen atoms in total. The molecule has 0 saturated heterocycles. The molecule has 0 aliphatic rings. The first-order valence-electron chi connectivity index (χ1n) is 18.7. The van der Waals surface area contributed by atoms with Crippen molar-refractivity contribution in [2.75, 3.05) is 0 Å². The molecule has 0 aromatic heterocycles. The van der Waals surface area contributed by atoms with E-state index >= 15 is 0 Å². The Labute approximate surface area is 343 Å². The largest absolute Gasteiger partial charge is 0.0622 e. The molecule has 0 amide bonds. The molecule has 0 radical (unpaired) electrons. The first kappa shape index (κ1) is 34.3. The highest BCUT2D eigenvalue weighted by atomic mass is 79.9. The topological polar surface area (TPSA) is 0 Å². The smallest absolute Gasteiger partial charge is 0.0413 e. The lowest BCUT2D eigenvalue weighted by atomic mass is 9.77. The lowest BCUT2D eigenvalue weighted by Gasteiger charge is -2.25. The summed E-state index contributed by atoms with van der Waals surface area (Å²) in [7, 11) is 0. The van der Waals surface area contributed by atoms with Crippen LogP contribution in [0.15, 0.2) is 203 Å². The highest BCUT2D eigenvalue weighted by molar-refractivity contribution is 9.13. The van der Waals surface area contributed by atoms with Gasteiger partial charge in [-0.05, 0) is 139 Å². The van der Waals surface area contributed by atoms with E-state index in [0.29, 0.717) is 0 Å². The zero-order valence-electron chi connectivity index (χ0n) is 30.2. The second-order valence-corrected chi connectivity index (χ2v) is 15.7. The molecule has 0 saturated carbocycles. The Morgan fingerprint density at radius 2 is 0.821 bits per heavy atom. The standard InChI is InChI=1S/C54H32Br2/c55-47-31-29-43-34-46-44(30-28-35-26-15-27-42-32-40-24-13-14-25-41(40)33-45(35)42)48(36-16-5-1-6-17-36)49(37-18-7-2-8-19-37)50(38-20-9-3-10-21-38)53(46)51(52(43)54(47)56)39-22-11-4-12-23-39/h1-27,29,31-34H. The Balaban J connectivity index is 1.46. The van der Waals surface area contributed by atoms with Crippen LogP contribution in [-0.4, -0.2) is 0 Å². The third-order valence-corrected chi connectivity index (χ3v) is 12.8. The van der Waals surface area contributed by atoms with Gasteiger partial charge in [-0.2, -0.15) is 0 Å². The van der Waals surface area contributed by atoms with Gasteiger partial charge in [0, 0.05) is 31.0 Å². The third-order valence-electron chi connectivity index (χ3n) is 10.8. The molecule has 10 aromatic rings. The van der Waals surface area contributed by atoms with Crippen molar-refractivity contribution in [1.82, 2.24) is 0 Å². The van der Waals surface area contributed by atoms with E-state index in [1.165, 1.54) is 32.7 Å². The van der Waals surface area contributed by atoms with Gasteiger partial charge in [-0.15, -0.1) is 0 Å². The molecule has 0 bridgehead atoms. The molecule has 0 heterocycles. The van der Waals surface area contributed by atoms with Crippen molar-refractivity contribution in [3.8, 4) is 56.3 Å². The predicted octanol–water partition coefficient (Wildman–Crippen LogP) is 15.9. The van der Waals surface area contributed by atoms with Crippen LogP contribution in [0.4, 0.5) is 0 Å². The summed E-state index contributed by atoms with van der Waals surface area (Å²) in [4.78, 5) is 0. The number of fused-ring (bicyclic) bond motifs is 4. The first-order valence-corrected chi connectivity index (χ1v) is 20.3. The van der Waals surface area contributed by atoms with Gasteiger partial charge in [-0.1, -0.05) is 176 Å². The van der Waals surface area contributed by atoms with Crippen molar-refractivity contribution in [3.05, 3.63) is 214 Å². The molecular formula is C54H32Br2. The molecule has 56 heavy (non-hydrogen) atoms. The molecule has 262 valence electrons. The second-order valence-electron chi connectivity index (χ2n) is 14.1. The average Bonchev–Trinajstić information content (AvgIpc) is 3.26. The molecule has 0 fully saturated rings. The normalized spacial score (nSPS) is 11.2. The van der Waals surface area contributed by atoms with Crippen molar-refractivity contribution in [1.29, 1.82) is 0 Å². The Morgan fingerprint density at radius 1 is 0.321 bits per heavy atom. The fraction of sp³-hybridized carbons (Fsp3) is 0. The van der Waals surface area contributed by atoms with Gasteiger partial charge in [0.1, 0.15) is 0 Å². The van der Waals surface area contributed by atoms with E-state index in [-0.39, 0.29) is 0 Å². The summed E-state index contributed by atoms with van der Waals surface area (Å²) in [5.41, 5.74) is 11.2. The fourth-order valence-corrected chi connectivity index (χ4v) is 9.19. The van der Waals surface area contributed by atoms with E-state index in [1.807, 2.05) is 0 Å². The van der Waals surface area contributed by atoms with Crippen LogP contribution in [0.1, 0.15) is 11.1 Å². The van der Waals surface area contributed by atoms with Crippen LogP contribution < -0.4 is 0 Å². The van der Waals surface area contributed by atoms with Gasteiger partial charge in [0.25, 0.3) is 0 Å². The molecule has 10 aromatic carbocycles. The van der Waals surface area contributed by atoms with E-state index in [9.17, 15) is 0 Å². The molecule has 0 atom stereocenters. The van der Waals surface area contributed by atoms with Crippen LogP contribution >= 0.6 is 31.9 Å². The van der Waals surface area contributed by atoms with Crippen molar-refractivity contribution in [3.63, 3.8) is 0 Å². The van der Waals surface area contributed by atoms with Gasteiger partial charge >= 0.3 is 0 Å². The minimum absolute atomic E-state index is 1.00. The first-order chi connectivity index (χ1) is 27.6. The maximum Gasteiger partial charge on any atom is 0.0413 e. The summed E-state index contributed by atoms with van der Waals surface area (Å²) >= 11 is 7.93. The minimum Gasteiger partial charge on any atom is -0.0622 e. The summed E-state index contributed by atoms with van der Waals surface area (Å²) in [6.45, 7) is 0. The van der Waals surface area contributed by atoms with E-state index in [1.54, 1.807) is 0 Å². The van der Waals surface area contributed by atoms with Crippen LogP contribution in [0, 0.1) is 11.8 Å². The van der Waals surface area contributed by atoms with E-state index in [2.05, 4.69) is 238 Å². The van der Waals surface area contributed by atoms with E-state index < -0.39 is 0 Å². The van der Waals surface area contributed by atoms with Crippen LogP contribution in [-0.2, 0) is 0 Å². The zero-order chi connectivity index (χ0) is 37.6. The highest BCUT2D eigenvalue weighted by Gasteiger charge is 2.26. The van der Waals surface area contributed by atoms with Gasteiger partial charge in [-0.3, -0.25) is 0 Å². The molecule has 2 heteroatoms. The van der Waals surface area contributed by atoms with Crippen molar-refractivity contribution in [2.45, 2.75) is 0 Å². The molecule has 0 spiro atoms. The number of hydrogen-bond donors (Lipinski definition) is 0. The monoisotopic (exact) mass is 838 g/mol. The summed E-state index contributed by atoms with van der Waals surface area (Å²) in [5, 5.41) is 9.33. The summed E-state index contributed by atoms with van der Waals surface area (Å²) in [6, 6.07) is 69.7. The highest BCUT2D eigenvalue weighted by Crippen LogP contribution is 2.53. The van der Waals surface area contributed by atoms with Crippen molar-refractivity contribution >= 4 is 74.9 Å². The fourth-order valence-electron chi connectivity index (χ4n) is 8.30. The van der Waals surface area contributed by atoms with Gasteiger partial charge in [0.05, 0.1) is 0 Å². The number of halogens is 2. The van der Waals surface area contributed by atoms with E-state index in [4.69, 9.17) is 0 Å². The Hall–Kier alpha value is -6.24. The Bertz CT molecular complexity index is 3180. The maximum atomic E-state index is 4.06. The number of rotatable bonds is 4. The molecular weight excluding hydrogens is 808 g/mol. The third kappa shape index (κ3) is 5.92. The number of hydrogen-bond acceptors (Lipinski definition) is 0. The summed E-state index contributed by atoms with van der Waals surface area (Å²) < 4.78 is 2.04. The van der Waals surface area contributed by atoms with Gasteiger partial charge in [0.2, 0.25) is 0 Å². The Morgan fingerprint density at radius 3 is 1.45 bits per heavy atom. The lowest BCUT2D eigenvalue weighted by Crippen LogP contribution is -2.00. The summed E-state index contributed by atoms with van der Waals surface area (Å²) in [5.74, 6) is 7.67. The number of benzene rings is 10. The zero-order valence-corrected chi connectivity index (χ0v) is 33.4. The molecule has 0 aliphatic heterocycles. The molecule has 0 N–H and O–H groups in total. The molecule has 0 unspecified atom stereocenters. The predicted molar refractivity (Wildman–Crippen MR) is 246 cm³/mol. The second kappa shape index (κ2) is 14.4. The molecule has 0 aliphatic carbocycles. The van der Waals surface area contributed by atoms with Gasteiger partial charge in [0.15, 0.2) is 0 Å². The van der Waals surface area contributed by atoms with Crippen molar-refractivity contribution in [2.24, 2.45) is 0 Å². The van der Waals surface area contributed by atoms with Crippen LogP contribution in [0.3, 0.4) is 0 Å². The van der Waals surface area contributed by atoms with E-state index in [0.717, 1.165) is 75.0 Å². The maximum absolute atomic E-state index is 4.06. The minimum atomic E-state index is 1.00.